The molecule has 17 heavy (non-hydrogen) atoms. The van der Waals surface area contributed by atoms with Gasteiger partial charge in [-0.2, -0.15) is 0 Å². The smallest absolute Gasteiger partial charge is 0.736 e. The molecule has 0 bridgehead atoms. The van der Waals surface area contributed by atoms with Crippen molar-refractivity contribution in [1.82, 2.24) is 0 Å². The molecule has 0 aliphatic carbocycles. The summed E-state index contributed by atoms with van der Waals surface area (Å²) in [5.74, 6) is 0. The van der Waals surface area contributed by atoms with Gasteiger partial charge in [0.25, 0.3) is 0 Å². The largest absolute Gasteiger partial charge is 2.00 e. The van der Waals surface area contributed by atoms with Gasteiger partial charge in [-0.15, -0.1) is 0 Å². The van der Waals surface area contributed by atoms with E-state index in [0.717, 1.165) is 0 Å². The van der Waals surface area contributed by atoms with Crippen LogP contribution in [0.15, 0.2) is 0 Å². The second-order valence-corrected chi connectivity index (χ2v) is 6.05. The Kier molecular flexibility index (Phi) is 21.7. The molecule has 0 aromatic heterocycles. The maximum absolute atomic E-state index is 9.20. The molecular weight excluding hydrogens is 328 g/mol. The Bertz CT molecular complexity index is 292. The predicted molar refractivity (Wildman–Crippen MR) is 55.6 cm³/mol. The van der Waals surface area contributed by atoms with Gasteiger partial charge in [0.1, 0.15) is 0 Å². The van der Waals surface area contributed by atoms with Crippen LogP contribution >= 0.6 is 0 Å². The first kappa shape index (κ1) is 25.9. The average molecular weight is 344 g/mol. The zero-order valence-electron chi connectivity index (χ0n) is 8.71. The van der Waals surface area contributed by atoms with Crippen LogP contribution in [-0.2, 0) is 35.4 Å². The molecule has 1 radical (unpaired) electrons. The first-order valence-electron chi connectivity index (χ1n) is 3.80. The van der Waals surface area contributed by atoms with Gasteiger partial charge in [-0.25, -0.2) is 16.8 Å². The Labute approximate surface area is 110 Å². The second kappa shape index (κ2) is 14.2. The minimum Gasteiger partial charge on any atom is -0.736 e. The van der Waals surface area contributed by atoms with E-state index in [1.54, 1.807) is 0 Å². The average Bonchev–Trinajstić information content (AvgIpc) is 2.15. The van der Waals surface area contributed by atoms with Crippen LogP contribution in [0.2, 0.25) is 0 Å². The zero-order chi connectivity index (χ0) is 13.8. The molecule has 0 amide bonds. The summed E-state index contributed by atoms with van der Waals surface area (Å²) < 4.78 is 55.2. The molecule has 8 N–H and O–H groups in total. The Hall–Kier alpha value is 0.179. The van der Waals surface area contributed by atoms with E-state index in [0.29, 0.717) is 26.2 Å². The number of hydrogen-bond donors (Lipinski definition) is 4. The molecule has 0 aliphatic rings. The van der Waals surface area contributed by atoms with E-state index in [4.69, 9.17) is 22.9 Å². The van der Waals surface area contributed by atoms with E-state index in [-0.39, 0.29) is 17.1 Å². The van der Waals surface area contributed by atoms with Crippen LogP contribution in [0.25, 0.3) is 0 Å². The van der Waals surface area contributed by atoms with Crippen molar-refractivity contribution in [3.05, 3.63) is 0 Å². The van der Waals surface area contributed by atoms with Crippen LogP contribution in [0.4, 0.5) is 0 Å². The van der Waals surface area contributed by atoms with Crippen molar-refractivity contribution in [2.24, 2.45) is 22.9 Å². The van der Waals surface area contributed by atoms with Crippen LogP contribution in [0.3, 0.4) is 0 Å². The molecular formula is C4H16CuN4O6S2. The maximum atomic E-state index is 9.20. The van der Waals surface area contributed by atoms with Crippen LogP contribution < -0.4 is 22.9 Å². The number of nitrogens with two attached hydrogens (primary N) is 4. The molecule has 0 fully saturated rings. The van der Waals surface area contributed by atoms with Crippen molar-refractivity contribution in [1.29, 1.82) is 0 Å². The molecule has 0 unspecified atom stereocenters. The predicted octanol–water partition coefficient (Wildman–Crippen LogP) is -4.20. The third kappa shape index (κ3) is 26.0. The van der Waals surface area contributed by atoms with Crippen molar-refractivity contribution in [2.75, 3.05) is 26.2 Å². The van der Waals surface area contributed by atoms with E-state index in [1.807, 2.05) is 0 Å². The van der Waals surface area contributed by atoms with Crippen molar-refractivity contribution >= 4 is 18.3 Å². The molecule has 0 heterocycles. The van der Waals surface area contributed by atoms with Gasteiger partial charge in [-0.1, -0.05) is 0 Å². The van der Waals surface area contributed by atoms with Gasteiger partial charge in [-0.3, -0.25) is 0 Å². The Morgan fingerprint density at radius 3 is 0.765 bits per heavy atom. The monoisotopic (exact) mass is 343 g/mol. The second-order valence-electron chi connectivity index (χ2n) is 1.97. The summed E-state index contributed by atoms with van der Waals surface area (Å²) in [7, 11) is -11.3. The van der Waals surface area contributed by atoms with Crippen molar-refractivity contribution in [3.8, 4) is 0 Å². The summed E-state index contributed by atoms with van der Waals surface area (Å²) in [6.07, 6.45) is 0. The van der Waals surface area contributed by atoms with Crippen LogP contribution in [-0.4, -0.2) is 52.1 Å². The van der Waals surface area contributed by atoms with E-state index in [9.17, 15) is 25.9 Å². The molecule has 0 aromatic carbocycles. The van der Waals surface area contributed by atoms with E-state index < -0.39 is 18.3 Å². The van der Waals surface area contributed by atoms with Crippen LogP contribution in [0.1, 0.15) is 0 Å². The standard InChI is InChI=1S/2C2H8N2.Cu.H2O6S2/c2*3-1-2-4;;1-7(2,3)8(4,5)6/h2*1-4H2;;(H,1,2,3)(H,4,5,6)/q;;+2;/p-2. The van der Waals surface area contributed by atoms with Crippen molar-refractivity contribution < 1.29 is 43.0 Å². The topological polar surface area (TPSA) is 218 Å². The van der Waals surface area contributed by atoms with E-state index >= 15 is 0 Å². The quantitative estimate of drug-likeness (QED) is 0.220. The zero-order valence-corrected chi connectivity index (χ0v) is 11.3. The fraction of sp³-hybridized carbons (Fsp3) is 1.00. The fourth-order valence-corrected chi connectivity index (χ4v) is 0. The van der Waals surface area contributed by atoms with Gasteiger partial charge in [0.05, 0.1) is 0 Å². The van der Waals surface area contributed by atoms with Gasteiger partial charge in [0.15, 0.2) is 18.3 Å². The maximum Gasteiger partial charge on any atom is 2.00 e. The van der Waals surface area contributed by atoms with Gasteiger partial charge < -0.3 is 32.0 Å². The molecule has 0 saturated carbocycles. The fourth-order valence-electron chi connectivity index (χ4n) is 0. The Morgan fingerprint density at radius 2 is 0.765 bits per heavy atom. The van der Waals surface area contributed by atoms with Gasteiger partial charge in [0, 0.05) is 26.2 Å². The minimum absolute atomic E-state index is 0. The molecule has 0 saturated heterocycles. The number of rotatable bonds is 3. The summed E-state index contributed by atoms with van der Waals surface area (Å²) in [5.41, 5.74) is 19.6. The molecule has 13 heteroatoms. The molecule has 10 nitrogen and oxygen atoms in total. The third-order valence-corrected chi connectivity index (χ3v) is 2.58. The van der Waals surface area contributed by atoms with Crippen LogP contribution in [0, 0.1) is 0 Å². The molecule has 0 aromatic rings. The summed E-state index contributed by atoms with van der Waals surface area (Å²) in [5, 5.41) is 0. The molecule has 111 valence electrons. The SMILES string of the molecule is NCCN.NCCN.O=S(=O)([O-])S(=O)(=O)[O-].[Cu+2]. The first-order chi connectivity index (χ1) is 7.08. The van der Waals surface area contributed by atoms with E-state index in [2.05, 4.69) is 0 Å². The first-order valence-corrected chi connectivity index (χ1v) is 7.13. The normalized spacial score (nSPS) is 10.0. The summed E-state index contributed by atoms with van der Waals surface area (Å²) in [4.78, 5) is 0. The third-order valence-electron chi connectivity index (χ3n) is 0.583. The van der Waals surface area contributed by atoms with Crippen LogP contribution in [0.5, 0.6) is 0 Å². The van der Waals surface area contributed by atoms with Gasteiger partial charge in [0.2, 0.25) is 0 Å². The Morgan fingerprint density at radius 1 is 0.647 bits per heavy atom. The summed E-state index contributed by atoms with van der Waals surface area (Å²) in [6, 6.07) is 0. The molecule has 0 aliphatic heterocycles. The van der Waals surface area contributed by atoms with Crippen molar-refractivity contribution in [3.63, 3.8) is 0 Å². The van der Waals surface area contributed by atoms with Gasteiger partial charge >= 0.3 is 17.1 Å². The summed E-state index contributed by atoms with van der Waals surface area (Å²) in [6.45, 7) is 2.39. The van der Waals surface area contributed by atoms with Crippen molar-refractivity contribution in [2.45, 2.75) is 0 Å². The molecule has 0 rings (SSSR count). The summed E-state index contributed by atoms with van der Waals surface area (Å²) >= 11 is 0. The number of hydrogen-bond acceptors (Lipinski definition) is 10. The Balaban J connectivity index is -0.0000000806. The van der Waals surface area contributed by atoms with Gasteiger partial charge in [-0.05, 0) is 0 Å². The molecule has 0 spiro atoms. The van der Waals surface area contributed by atoms with E-state index in [1.165, 1.54) is 0 Å². The minimum atomic E-state index is -5.67. The molecule has 0 atom stereocenters.